The van der Waals surface area contributed by atoms with Gasteiger partial charge in [-0.2, -0.15) is 0 Å². The lowest BCUT2D eigenvalue weighted by atomic mass is 10.1. The van der Waals surface area contributed by atoms with Crippen molar-refractivity contribution in [2.75, 3.05) is 37.6 Å². The number of nitro groups is 1. The summed E-state index contributed by atoms with van der Waals surface area (Å²) in [5.74, 6) is -0.629. The van der Waals surface area contributed by atoms with Crippen LogP contribution in [0.5, 0.6) is 0 Å². The van der Waals surface area contributed by atoms with Gasteiger partial charge in [0.05, 0.1) is 16.0 Å². The van der Waals surface area contributed by atoms with Crippen LogP contribution in [0.2, 0.25) is 0 Å². The number of piperazine rings is 1. The highest BCUT2D eigenvalue weighted by molar-refractivity contribution is 6.23. The van der Waals surface area contributed by atoms with E-state index in [9.17, 15) is 24.5 Å². The predicted molar refractivity (Wildman–Crippen MR) is 128 cm³/mol. The molecule has 0 spiro atoms. The standard InChI is InChI=1S/C25H23N5O5/c1-16-15-21(26-19-7-3-2-5-17(16)19)27-11-13-28(14-12-27)22(31)9-10-29-24(32)18-6-4-8-20(30(34)35)23(18)25(29)33/h2-8,15H,9-14H2,1H3. The van der Waals surface area contributed by atoms with Crippen molar-refractivity contribution >= 4 is 40.1 Å². The second kappa shape index (κ2) is 8.79. The number of carbonyl (C=O) groups excluding carboxylic acids is 3. The minimum atomic E-state index is -0.729. The first-order chi connectivity index (χ1) is 16.8. The van der Waals surface area contributed by atoms with Gasteiger partial charge in [-0.3, -0.25) is 29.4 Å². The van der Waals surface area contributed by atoms with Gasteiger partial charge in [0.15, 0.2) is 0 Å². The maximum Gasteiger partial charge on any atom is 0.282 e. The number of hydrogen-bond donors (Lipinski definition) is 0. The molecule has 2 aliphatic rings. The van der Waals surface area contributed by atoms with Gasteiger partial charge in [-0.05, 0) is 30.7 Å². The topological polar surface area (TPSA) is 117 Å². The van der Waals surface area contributed by atoms with Gasteiger partial charge in [0.2, 0.25) is 5.91 Å². The highest BCUT2D eigenvalue weighted by atomic mass is 16.6. The number of rotatable bonds is 5. The number of hydrogen-bond acceptors (Lipinski definition) is 7. The molecule has 2 aliphatic heterocycles. The van der Waals surface area contributed by atoms with E-state index in [0.29, 0.717) is 26.2 Å². The fourth-order valence-electron chi connectivity index (χ4n) is 4.72. The Hall–Kier alpha value is -4.34. The van der Waals surface area contributed by atoms with Gasteiger partial charge >= 0.3 is 0 Å². The predicted octanol–water partition coefficient (Wildman–Crippen LogP) is 2.79. The Morgan fingerprint density at radius 3 is 2.51 bits per heavy atom. The van der Waals surface area contributed by atoms with Crippen LogP contribution >= 0.6 is 0 Å². The van der Waals surface area contributed by atoms with E-state index in [1.54, 1.807) is 4.90 Å². The molecular formula is C25H23N5O5. The zero-order valence-electron chi connectivity index (χ0n) is 19.1. The number of imide groups is 1. The van der Waals surface area contributed by atoms with Crippen molar-refractivity contribution in [3.63, 3.8) is 0 Å². The molecule has 0 bridgehead atoms. The van der Waals surface area contributed by atoms with Gasteiger partial charge in [0.1, 0.15) is 11.4 Å². The van der Waals surface area contributed by atoms with Gasteiger partial charge < -0.3 is 9.80 Å². The summed E-state index contributed by atoms with van der Waals surface area (Å²) >= 11 is 0. The van der Waals surface area contributed by atoms with E-state index in [0.717, 1.165) is 27.2 Å². The van der Waals surface area contributed by atoms with Crippen LogP contribution in [-0.4, -0.2) is 70.2 Å². The first-order valence-corrected chi connectivity index (χ1v) is 11.4. The molecule has 1 saturated heterocycles. The zero-order chi connectivity index (χ0) is 24.7. The number of para-hydroxylation sites is 1. The summed E-state index contributed by atoms with van der Waals surface area (Å²) in [6.45, 7) is 4.18. The van der Waals surface area contributed by atoms with Crippen LogP contribution in [0.4, 0.5) is 11.5 Å². The molecule has 0 aliphatic carbocycles. The quantitative estimate of drug-likeness (QED) is 0.318. The Bertz CT molecular complexity index is 1380. The molecule has 0 unspecified atom stereocenters. The first kappa shape index (κ1) is 22.5. The molecule has 0 saturated carbocycles. The zero-order valence-corrected chi connectivity index (χ0v) is 19.1. The number of anilines is 1. The Kier molecular flexibility index (Phi) is 5.64. The van der Waals surface area contributed by atoms with Crippen LogP contribution in [0.1, 0.15) is 32.7 Å². The van der Waals surface area contributed by atoms with Crippen LogP contribution in [0, 0.1) is 17.0 Å². The van der Waals surface area contributed by atoms with E-state index in [2.05, 4.69) is 17.9 Å². The van der Waals surface area contributed by atoms with Crippen molar-refractivity contribution in [3.8, 4) is 0 Å². The number of nitro benzene ring substituents is 1. The summed E-state index contributed by atoms with van der Waals surface area (Å²) in [4.78, 5) is 58.3. The molecule has 3 heterocycles. The van der Waals surface area contributed by atoms with Crippen molar-refractivity contribution in [2.24, 2.45) is 0 Å². The van der Waals surface area contributed by atoms with Crippen LogP contribution in [0.3, 0.4) is 0 Å². The Labute approximate surface area is 200 Å². The minimum absolute atomic E-state index is 0.00319. The molecule has 35 heavy (non-hydrogen) atoms. The molecule has 0 atom stereocenters. The van der Waals surface area contributed by atoms with Crippen molar-refractivity contribution in [1.82, 2.24) is 14.8 Å². The fourth-order valence-corrected chi connectivity index (χ4v) is 4.72. The second-order valence-corrected chi connectivity index (χ2v) is 8.65. The van der Waals surface area contributed by atoms with Gasteiger partial charge in [-0.25, -0.2) is 4.98 Å². The average Bonchev–Trinajstić information content (AvgIpc) is 3.12. The third-order valence-corrected chi connectivity index (χ3v) is 6.59. The molecule has 2 aromatic carbocycles. The summed E-state index contributed by atoms with van der Waals surface area (Å²) in [6.07, 6.45) is -0.0351. The number of nitrogens with zero attached hydrogens (tertiary/aromatic N) is 5. The van der Waals surface area contributed by atoms with Crippen LogP contribution in [-0.2, 0) is 4.79 Å². The van der Waals surface area contributed by atoms with E-state index >= 15 is 0 Å². The van der Waals surface area contributed by atoms with E-state index in [-0.39, 0.29) is 30.0 Å². The Morgan fingerprint density at radius 2 is 1.77 bits per heavy atom. The lowest BCUT2D eigenvalue weighted by Crippen LogP contribution is -2.49. The first-order valence-electron chi connectivity index (χ1n) is 11.4. The largest absolute Gasteiger partial charge is 0.353 e. The molecule has 178 valence electrons. The summed E-state index contributed by atoms with van der Waals surface area (Å²) < 4.78 is 0. The van der Waals surface area contributed by atoms with Crippen molar-refractivity contribution < 1.29 is 19.3 Å². The third kappa shape index (κ3) is 3.96. The number of benzene rings is 2. The van der Waals surface area contributed by atoms with Crippen LogP contribution in [0.25, 0.3) is 10.9 Å². The Morgan fingerprint density at radius 1 is 1.03 bits per heavy atom. The maximum absolute atomic E-state index is 12.8. The van der Waals surface area contributed by atoms with E-state index in [4.69, 9.17) is 4.98 Å². The molecule has 3 aromatic rings. The summed E-state index contributed by atoms with van der Waals surface area (Å²) in [7, 11) is 0. The molecule has 5 rings (SSSR count). The molecule has 3 amide bonds. The monoisotopic (exact) mass is 473 g/mol. The smallest absolute Gasteiger partial charge is 0.282 e. The Balaban J connectivity index is 1.20. The normalized spacial score (nSPS) is 15.6. The van der Waals surface area contributed by atoms with Gasteiger partial charge in [0, 0.05) is 50.6 Å². The number of pyridine rings is 1. The highest BCUT2D eigenvalue weighted by Crippen LogP contribution is 2.31. The van der Waals surface area contributed by atoms with E-state index in [1.165, 1.54) is 18.2 Å². The molecule has 0 radical (unpaired) electrons. The SMILES string of the molecule is Cc1cc(N2CCN(C(=O)CCN3C(=O)c4cccc([N+](=O)[O-])c4C3=O)CC2)nc2ccccc12. The van der Waals surface area contributed by atoms with Gasteiger partial charge in [0.25, 0.3) is 17.5 Å². The summed E-state index contributed by atoms with van der Waals surface area (Å²) in [6, 6.07) is 14.0. The lowest BCUT2D eigenvalue weighted by molar-refractivity contribution is -0.385. The van der Waals surface area contributed by atoms with Crippen molar-refractivity contribution in [3.05, 3.63) is 75.3 Å². The average molecular weight is 473 g/mol. The number of fused-ring (bicyclic) bond motifs is 2. The van der Waals surface area contributed by atoms with E-state index < -0.39 is 22.4 Å². The highest BCUT2D eigenvalue weighted by Gasteiger charge is 2.41. The minimum Gasteiger partial charge on any atom is -0.353 e. The van der Waals surface area contributed by atoms with E-state index in [1.807, 2.05) is 24.3 Å². The van der Waals surface area contributed by atoms with Gasteiger partial charge in [-0.1, -0.05) is 24.3 Å². The second-order valence-electron chi connectivity index (χ2n) is 8.65. The number of aromatic nitrogens is 1. The summed E-state index contributed by atoms with van der Waals surface area (Å²) in [5.41, 5.74) is 1.47. The molecule has 0 N–H and O–H groups in total. The fraction of sp³-hybridized carbons (Fsp3) is 0.280. The summed E-state index contributed by atoms with van der Waals surface area (Å²) in [5, 5.41) is 12.4. The number of carbonyl (C=O) groups is 3. The van der Waals surface area contributed by atoms with Crippen molar-refractivity contribution in [2.45, 2.75) is 13.3 Å². The molecule has 1 aromatic heterocycles. The molecule has 10 heteroatoms. The number of aryl methyl sites for hydroxylation is 1. The van der Waals surface area contributed by atoms with Crippen LogP contribution < -0.4 is 4.90 Å². The van der Waals surface area contributed by atoms with Crippen molar-refractivity contribution in [1.29, 1.82) is 0 Å². The van der Waals surface area contributed by atoms with Crippen LogP contribution in [0.15, 0.2) is 48.5 Å². The molecular weight excluding hydrogens is 450 g/mol. The number of amides is 3. The van der Waals surface area contributed by atoms with Gasteiger partial charge in [-0.15, -0.1) is 0 Å². The molecule has 1 fully saturated rings. The maximum atomic E-state index is 12.8. The third-order valence-electron chi connectivity index (χ3n) is 6.59. The molecule has 10 nitrogen and oxygen atoms in total. The lowest BCUT2D eigenvalue weighted by Gasteiger charge is -2.36.